The molecule has 0 aromatic carbocycles. The molecule has 2 N–H and O–H groups in total. The predicted molar refractivity (Wildman–Crippen MR) is 101 cm³/mol. The molecule has 152 valence electrons. The molecule has 9 nitrogen and oxygen atoms in total. The average Bonchev–Trinajstić information content (AvgIpc) is 3.35. The monoisotopic (exact) mass is 412 g/mol. The van der Waals surface area contributed by atoms with E-state index in [1.54, 1.807) is 29.0 Å². The second kappa shape index (κ2) is 6.87. The van der Waals surface area contributed by atoms with Crippen molar-refractivity contribution in [2.45, 2.75) is 24.9 Å². The van der Waals surface area contributed by atoms with Crippen molar-refractivity contribution in [2.75, 3.05) is 0 Å². The first-order valence-corrected chi connectivity index (χ1v) is 9.07. The number of hydrogen-bond donors (Lipinski definition) is 2. The Morgan fingerprint density at radius 1 is 1.20 bits per heavy atom. The Hall–Kier alpha value is -3.89. The van der Waals surface area contributed by atoms with Gasteiger partial charge in [0, 0.05) is 35.8 Å². The van der Waals surface area contributed by atoms with Crippen LogP contribution in [0.15, 0.2) is 52.6 Å². The summed E-state index contributed by atoms with van der Waals surface area (Å²) in [5.41, 5.74) is 1.79. The third-order valence-electron chi connectivity index (χ3n) is 5.04. The number of H-pyrrole nitrogens is 2. The summed E-state index contributed by atoms with van der Waals surface area (Å²) in [6.07, 6.45) is 6.67. The molecule has 0 radical (unpaired) electrons. The van der Waals surface area contributed by atoms with Gasteiger partial charge in [0.15, 0.2) is 5.65 Å². The van der Waals surface area contributed by atoms with Gasteiger partial charge >= 0.3 is 12.3 Å². The van der Waals surface area contributed by atoms with Crippen LogP contribution in [0.5, 0.6) is 5.75 Å². The number of pyridine rings is 1. The van der Waals surface area contributed by atoms with E-state index in [2.05, 4.69) is 29.8 Å². The molecular formula is C19H14F2N6O3. The summed E-state index contributed by atoms with van der Waals surface area (Å²) in [7, 11) is 0. The van der Waals surface area contributed by atoms with Crippen LogP contribution >= 0.6 is 0 Å². The largest absolute Gasteiger partial charge is 0.433 e. The Morgan fingerprint density at radius 3 is 2.80 bits per heavy atom. The Balaban J connectivity index is 1.50. The van der Waals surface area contributed by atoms with E-state index >= 15 is 0 Å². The summed E-state index contributed by atoms with van der Waals surface area (Å²) in [6.45, 7) is -2.90. The van der Waals surface area contributed by atoms with E-state index in [0.29, 0.717) is 11.3 Å². The first-order chi connectivity index (χ1) is 14.5. The number of aromatic amines is 2. The SMILES string of the molecule is O=c1[nH]cc(-c2cc([C@@H]3C[C@H]3c3ccc(OC(F)F)cn3)c3nccn3n2)c(=O)[nH]1. The van der Waals surface area contributed by atoms with Crippen LogP contribution in [0.4, 0.5) is 8.78 Å². The van der Waals surface area contributed by atoms with Crippen LogP contribution in [-0.2, 0) is 0 Å². The van der Waals surface area contributed by atoms with Gasteiger partial charge in [-0.1, -0.05) is 0 Å². The van der Waals surface area contributed by atoms with Gasteiger partial charge in [0.1, 0.15) is 5.75 Å². The maximum absolute atomic E-state index is 12.3. The molecule has 0 spiro atoms. The zero-order valence-electron chi connectivity index (χ0n) is 15.3. The van der Waals surface area contributed by atoms with Gasteiger partial charge in [0.05, 0.1) is 17.5 Å². The number of rotatable bonds is 5. The first kappa shape index (κ1) is 18.2. The van der Waals surface area contributed by atoms with Crippen LogP contribution < -0.4 is 16.0 Å². The van der Waals surface area contributed by atoms with Crippen molar-refractivity contribution in [3.05, 3.63) is 75.1 Å². The number of ether oxygens (including phenoxy) is 1. The lowest BCUT2D eigenvalue weighted by Crippen LogP contribution is -2.23. The van der Waals surface area contributed by atoms with Crippen LogP contribution in [0.1, 0.15) is 29.5 Å². The molecular weight excluding hydrogens is 398 g/mol. The maximum atomic E-state index is 12.3. The molecule has 30 heavy (non-hydrogen) atoms. The van der Waals surface area contributed by atoms with E-state index in [9.17, 15) is 18.4 Å². The number of alkyl halides is 2. The second-order valence-electron chi connectivity index (χ2n) is 6.91. The number of halogens is 2. The van der Waals surface area contributed by atoms with E-state index in [1.165, 1.54) is 18.5 Å². The maximum Gasteiger partial charge on any atom is 0.387 e. The molecule has 1 aliphatic carbocycles. The number of nitrogens with zero attached hydrogens (tertiary/aromatic N) is 4. The predicted octanol–water partition coefficient (Wildman–Crippen LogP) is 2.04. The molecule has 1 saturated carbocycles. The average molecular weight is 412 g/mol. The number of nitrogens with one attached hydrogen (secondary N) is 2. The Kier molecular flexibility index (Phi) is 4.16. The highest BCUT2D eigenvalue weighted by Crippen LogP contribution is 2.55. The fraction of sp³-hybridized carbons (Fsp3) is 0.211. The van der Waals surface area contributed by atoms with Crippen LogP contribution in [0.25, 0.3) is 16.9 Å². The quantitative estimate of drug-likeness (QED) is 0.518. The molecule has 0 aliphatic heterocycles. The Morgan fingerprint density at radius 2 is 2.07 bits per heavy atom. The summed E-state index contributed by atoms with van der Waals surface area (Å²) >= 11 is 0. The van der Waals surface area contributed by atoms with Crippen molar-refractivity contribution in [1.29, 1.82) is 0 Å². The lowest BCUT2D eigenvalue weighted by molar-refractivity contribution is -0.0500. The van der Waals surface area contributed by atoms with Gasteiger partial charge in [-0.3, -0.25) is 14.8 Å². The Labute approximate surface area is 166 Å². The molecule has 1 fully saturated rings. The number of hydrogen-bond acceptors (Lipinski definition) is 6. The van der Waals surface area contributed by atoms with Crippen LogP contribution in [0.2, 0.25) is 0 Å². The highest BCUT2D eigenvalue weighted by molar-refractivity contribution is 5.63. The van der Waals surface area contributed by atoms with Crippen molar-refractivity contribution in [1.82, 2.24) is 29.5 Å². The van der Waals surface area contributed by atoms with Gasteiger partial charge in [-0.05, 0) is 30.5 Å². The van der Waals surface area contributed by atoms with E-state index < -0.39 is 17.9 Å². The van der Waals surface area contributed by atoms with E-state index in [1.807, 2.05) is 0 Å². The molecule has 1 aliphatic rings. The van der Waals surface area contributed by atoms with Crippen molar-refractivity contribution in [2.24, 2.45) is 0 Å². The standard InChI is InChI=1S/C19H14F2N6O3/c20-18(21)30-9-1-2-14(23-7-9)11-5-10(11)12-6-15(26-27-4-3-22-16(12)27)13-8-24-19(29)25-17(13)28/h1-4,6-8,10-11,18H,5H2,(H2,24,25,28,29)/t10-,11-/m1/s1. The smallest absolute Gasteiger partial charge is 0.387 e. The van der Waals surface area contributed by atoms with Crippen molar-refractivity contribution in [3.63, 3.8) is 0 Å². The minimum Gasteiger partial charge on any atom is -0.433 e. The van der Waals surface area contributed by atoms with Gasteiger partial charge in [0.25, 0.3) is 5.56 Å². The first-order valence-electron chi connectivity index (χ1n) is 9.07. The normalized spacial score (nSPS) is 18.1. The minimum atomic E-state index is -2.90. The molecule has 4 aromatic rings. The van der Waals surface area contributed by atoms with Gasteiger partial charge in [-0.15, -0.1) is 0 Å². The zero-order valence-corrected chi connectivity index (χ0v) is 15.3. The molecule has 11 heteroatoms. The number of imidazole rings is 1. The van der Waals surface area contributed by atoms with E-state index in [4.69, 9.17) is 0 Å². The zero-order chi connectivity index (χ0) is 20.8. The van der Waals surface area contributed by atoms with Gasteiger partial charge in [-0.2, -0.15) is 13.9 Å². The number of aromatic nitrogens is 6. The fourth-order valence-corrected chi connectivity index (χ4v) is 3.59. The van der Waals surface area contributed by atoms with Crippen molar-refractivity contribution >= 4 is 5.65 Å². The third-order valence-corrected chi connectivity index (χ3v) is 5.04. The van der Waals surface area contributed by atoms with E-state index in [0.717, 1.165) is 17.7 Å². The van der Waals surface area contributed by atoms with Gasteiger partial charge < -0.3 is 9.72 Å². The molecule has 5 rings (SSSR count). The second-order valence-corrected chi connectivity index (χ2v) is 6.91. The molecule has 4 aromatic heterocycles. The van der Waals surface area contributed by atoms with Crippen molar-refractivity contribution < 1.29 is 13.5 Å². The van der Waals surface area contributed by atoms with E-state index in [-0.39, 0.29) is 23.1 Å². The topological polar surface area (TPSA) is 118 Å². The summed E-state index contributed by atoms with van der Waals surface area (Å²) < 4.78 is 30.5. The van der Waals surface area contributed by atoms with Gasteiger partial charge in [0.2, 0.25) is 0 Å². The highest BCUT2D eigenvalue weighted by Gasteiger charge is 2.42. The summed E-state index contributed by atoms with van der Waals surface area (Å²) in [5, 5.41) is 4.41. The molecule has 0 unspecified atom stereocenters. The van der Waals surface area contributed by atoms with Crippen LogP contribution in [-0.4, -0.2) is 36.2 Å². The molecule has 0 bridgehead atoms. The van der Waals surface area contributed by atoms with Crippen LogP contribution in [0, 0.1) is 0 Å². The Bertz CT molecular complexity index is 1340. The lowest BCUT2D eigenvalue weighted by atomic mass is 10.1. The van der Waals surface area contributed by atoms with Crippen LogP contribution in [0.3, 0.4) is 0 Å². The molecule has 4 heterocycles. The van der Waals surface area contributed by atoms with Gasteiger partial charge in [-0.25, -0.2) is 14.3 Å². The summed E-state index contributed by atoms with van der Waals surface area (Å²) in [4.78, 5) is 36.7. The molecule has 0 amide bonds. The third kappa shape index (κ3) is 3.23. The highest BCUT2D eigenvalue weighted by atomic mass is 19.3. The minimum absolute atomic E-state index is 0.00471. The fourth-order valence-electron chi connectivity index (χ4n) is 3.59. The van der Waals surface area contributed by atoms with Crippen molar-refractivity contribution in [3.8, 4) is 17.0 Å². The lowest BCUT2D eigenvalue weighted by Gasteiger charge is -2.08. The number of fused-ring (bicyclic) bond motifs is 1. The molecule has 0 saturated heterocycles. The molecule has 2 atom stereocenters. The summed E-state index contributed by atoms with van der Waals surface area (Å²) in [5.74, 6) is 0.160. The summed E-state index contributed by atoms with van der Waals surface area (Å²) in [6, 6.07) is 4.91.